The van der Waals surface area contributed by atoms with E-state index < -0.39 is 47.8 Å². The third-order valence-electron chi connectivity index (χ3n) is 8.01. The van der Waals surface area contributed by atoms with Crippen molar-refractivity contribution < 1.29 is 33.0 Å². The molecule has 2 aliphatic heterocycles. The maximum Gasteiger partial charge on any atom is 0.417 e. The number of nitrogens with zero attached hydrogens (tertiary/aromatic N) is 2. The molecule has 0 bridgehead atoms. The van der Waals surface area contributed by atoms with Crippen LogP contribution in [0.15, 0.2) is 109 Å². The second-order valence-electron chi connectivity index (χ2n) is 11.2. The summed E-state index contributed by atoms with van der Waals surface area (Å²) in [7, 11) is 0. The molecule has 2 heterocycles. The summed E-state index contributed by atoms with van der Waals surface area (Å²) in [5.41, 5.74) is 2.64. The lowest BCUT2D eigenvalue weighted by Crippen LogP contribution is -2.43. The highest BCUT2D eigenvalue weighted by Gasteiger charge is 2.41. The van der Waals surface area contributed by atoms with Crippen molar-refractivity contribution in [2.45, 2.75) is 44.2 Å². The Labute approximate surface area is 261 Å². The van der Waals surface area contributed by atoms with Crippen LogP contribution in [0.2, 0.25) is 0 Å². The molecule has 0 radical (unpaired) electrons. The van der Waals surface area contributed by atoms with E-state index in [0.29, 0.717) is 18.4 Å². The number of amides is 4. The molecule has 8 nitrogen and oxygen atoms in total. The van der Waals surface area contributed by atoms with Crippen molar-refractivity contribution >= 4 is 24.0 Å². The highest BCUT2D eigenvalue weighted by Crippen LogP contribution is 2.26. The van der Waals surface area contributed by atoms with Crippen LogP contribution in [0.3, 0.4) is 0 Å². The van der Waals surface area contributed by atoms with Gasteiger partial charge in [-0.25, -0.2) is 23.8 Å². The van der Waals surface area contributed by atoms with Crippen LogP contribution in [0.25, 0.3) is 0 Å². The zero-order valence-corrected chi connectivity index (χ0v) is 24.8. The van der Waals surface area contributed by atoms with Gasteiger partial charge in [-0.2, -0.15) is 0 Å². The minimum absolute atomic E-state index is 0.0236. The summed E-state index contributed by atoms with van der Waals surface area (Å²) in [6, 6.07) is 23.8. The van der Waals surface area contributed by atoms with Gasteiger partial charge in [-0.15, -0.1) is 6.58 Å². The molecule has 4 amide bonds. The van der Waals surface area contributed by atoms with Crippen LogP contribution in [0.5, 0.6) is 0 Å². The minimum Gasteiger partial charge on any atom is -0.447 e. The average molecular weight is 611 g/mol. The number of benzene rings is 3. The maximum absolute atomic E-state index is 14.1. The predicted octanol–water partition coefficient (Wildman–Crippen LogP) is 6.06. The number of rotatable bonds is 12. The molecule has 0 aromatic heterocycles. The van der Waals surface area contributed by atoms with E-state index in [4.69, 9.17) is 9.47 Å². The van der Waals surface area contributed by atoms with Crippen molar-refractivity contribution in [1.82, 2.24) is 9.80 Å². The largest absolute Gasteiger partial charge is 0.447 e. The number of carbonyl (C=O) groups excluding carboxylic acids is 4. The molecule has 45 heavy (non-hydrogen) atoms. The highest BCUT2D eigenvalue weighted by atomic mass is 19.1. The van der Waals surface area contributed by atoms with Crippen LogP contribution in [-0.2, 0) is 38.3 Å². The Kier molecular flexibility index (Phi) is 10.2. The van der Waals surface area contributed by atoms with Gasteiger partial charge in [0.15, 0.2) is 0 Å². The maximum atomic E-state index is 14.1. The first-order valence-electron chi connectivity index (χ1n) is 15.0. The molecule has 0 saturated carbocycles. The van der Waals surface area contributed by atoms with Crippen molar-refractivity contribution in [2.75, 3.05) is 13.2 Å². The van der Waals surface area contributed by atoms with E-state index in [1.165, 1.54) is 12.1 Å². The quantitative estimate of drug-likeness (QED) is 0.183. The summed E-state index contributed by atoms with van der Waals surface area (Å²) < 4.78 is 24.7. The van der Waals surface area contributed by atoms with E-state index in [-0.39, 0.29) is 38.0 Å². The van der Waals surface area contributed by atoms with E-state index in [1.807, 2.05) is 60.7 Å². The van der Waals surface area contributed by atoms with Crippen LogP contribution >= 0.6 is 0 Å². The van der Waals surface area contributed by atoms with Gasteiger partial charge in [0.2, 0.25) is 5.91 Å². The van der Waals surface area contributed by atoms with Crippen molar-refractivity contribution in [3.63, 3.8) is 0 Å². The van der Waals surface area contributed by atoms with E-state index in [2.05, 4.69) is 6.58 Å². The molecular formula is C36H35FN2O6. The number of hydrogen-bond donors (Lipinski definition) is 0. The lowest BCUT2D eigenvalue weighted by atomic mass is 9.94. The van der Waals surface area contributed by atoms with E-state index >= 15 is 0 Å². The number of ether oxygens (including phenoxy) is 2. The number of halogens is 1. The Hall–Kier alpha value is -5.05. The third kappa shape index (κ3) is 7.73. The van der Waals surface area contributed by atoms with Crippen LogP contribution in [-0.4, -0.2) is 59.1 Å². The summed E-state index contributed by atoms with van der Waals surface area (Å²) in [5, 5.41) is 0. The first-order valence-corrected chi connectivity index (χ1v) is 15.0. The zero-order chi connectivity index (χ0) is 31.8. The Balaban J connectivity index is 1.40. The summed E-state index contributed by atoms with van der Waals surface area (Å²) in [4.78, 5) is 55.7. The second-order valence-corrected chi connectivity index (χ2v) is 11.2. The lowest BCUT2D eigenvalue weighted by molar-refractivity contribution is -0.133. The van der Waals surface area contributed by atoms with E-state index in [1.54, 1.807) is 24.3 Å². The number of imide groups is 2. The van der Waals surface area contributed by atoms with Crippen LogP contribution in [0.1, 0.15) is 29.5 Å². The monoisotopic (exact) mass is 610 g/mol. The summed E-state index contributed by atoms with van der Waals surface area (Å²) in [6.07, 6.45) is 2.92. The average Bonchev–Trinajstić information content (AvgIpc) is 3.59. The Morgan fingerprint density at radius 2 is 1.36 bits per heavy atom. The highest BCUT2D eigenvalue weighted by molar-refractivity contribution is 6.04. The molecule has 5 rings (SSSR count). The normalized spacial score (nSPS) is 18.8. The molecule has 232 valence electrons. The molecule has 3 aromatic carbocycles. The van der Waals surface area contributed by atoms with Gasteiger partial charge in [0.1, 0.15) is 19.0 Å². The Morgan fingerprint density at radius 1 is 0.800 bits per heavy atom. The molecule has 0 spiro atoms. The summed E-state index contributed by atoms with van der Waals surface area (Å²) in [6.45, 7) is 3.92. The fourth-order valence-electron chi connectivity index (χ4n) is 5.75. The van der Waals surface area contributed by atoms with Crippen molar-refractivity contribution in [3.8, 4) is 0 Å². The number of carbonyl (C=O) groups is 4. The Morgan fingerprint density at radius 3 is 1.93 bits per heavy atom. The molecule has 3 aromatic rings. The standard InChI is InChI=1S/C36H35FN2O6/c1-2-10-28(33(40)38-31(23-44-35(38)42)21-25-11-5-3-6-12-25)17-18-29(19-27-15-9-16-30(37)20-27)34(41)39-32(24-45-36(39)43)22-26-13-7-4-8-14-26/h2-9,11-16,18,20,28,31-32H,1,10,17,19,21-24H2/t28-,31-,32-/m0/s1. The fraction of sp³-hybridized carbons (Fsp3) is 0.278. The number of allylic oxidation sites excluding steroid dienone is 2. The summed E-state index contributed by atoms with van der Waals surface area (Å²) in [5.74, 6) is -2.20. The molecule has 2 aliphatic rings. The van der Waals surface area contributed by atoms with Crippen molar-refractivity contribution in [1.29, 1.82) is 0 Å². The molecule has 2 saturated heterocycles. The van der Waals surface area contributed by atoms with Crippen LogP contribution in [0, 0.1) is 11.7 Å². The van der Waals surface area contributed by atoms with Gasteiger partial charge in [-0.1, -0.05) is 84.9 Å². The number of hydrogen-bond acceptors (Lipinski definition) is 6. The van der Waals surface area contributed by atoms with Gasteiger partial charge in [0.25, 0.3) is 5.91 Å². The minimum atomic E-state index is -0.756. The predicted molar refractivity (Wildman–Crippen MR) is 165 cm³/mol. The molecule has 0 unspecified atom stereocenters. The fourth-order valence-corrected chi connectivity index (χ4v) is 5.75. The van der Waals surface area contributed by atoms with Gasteiger partial charge >= 0.3 is 12.2 Å². The van der Waals surface area contributed by atoms with Crippen molar-refractivity contribution in [3.05, 3.63) is 132 Å². The smallest absolute Gasteiger partial charge is 0.417 e. The van der Waals surface area contributed by atoms with Crippen molar-refractivity contribution in [2.24, 2.45) is 5.92 Å². The molecule has 3 atom stereocenters. The van der Waals surface area contributed by atoms with Gasteiger partial charge < -0.3 is 9.47 Å². The van der Waals surface area contributed by atoms with Gasteiger partial charge in [0.05, 0.1) is 12.1 Å². The molecule has 2 fully saturated rings. The zero-order valence-electron chi connectivity index (χ0n) is 24.8. The van der Waals surface area contributed by atoms with Gasteiger partial charge in [-0.05, 0) is 54.5 Å². The molecular weight excluding hydrogens is 575 g/mol. The van der Waals surface area contributed by atoms with Crippen LogP contribution in [0.4, 0.5) is 14.0 Å². The second kappa shape index (κ2) is 14.6. The van der Waals surface area contributed by atoms with E-state index in [0.717, 1.165) is 20.9 Å². The topological polar surface area (TPSA) is 93.2 Å². The van der Waals surface area contributed by atoms with Crippen LogP contribution < -0.4 is 0 Å². The first-order chi connectivity index (χ1) is 21.8. The van der Waals surface area contributed by atoms with Gasteiger partial charge in [0, 0.05) is 17.9 Å². The summed E-state index contributed by atoms with van der Waals surface area (Å²) >= 11 is 0. The van der Waals surface area contributed by atoms with E-state index in [9.17, 15) is 23.6 Å². The molecule has 0 N–H and O–H groups in total. The first kappa shape index (κ1) is 31.4. The van der Waals surface area contributed by atoms with Gasteiger partial charge in [-0.3, -0.25) is 9.59 Å². The lowest BCUT2D eigenvalue weighted by Gasteiger charge is -2.25. The third-order valence-corrected chi connectivity index (χ3v) is 8.01. The SMILES string of the molecule is C=CC[C@@H](CC=C(Cc1cccc(F)c1)C(=O)N1C(=O)OC[C@@H]1Cc1ccccc1)C(=O)N1C(=O)OC[C@@H]1Cc1ccccc1. The molecule has 0 aliphatic carbocycles. The Bertz CT molecular complexity index is 1570. The molecule has 9 heteroatoms. The number of cyclic esters (lactones) is 2.